The maximum Gasteiger partial charge on any atom is 0.261 e. The monoisotopic (exact) mass is 434 g/mol. The second-order valence-electron chi connectivity index (χ2n) is 6.18. The Kier molecular flexibility index (Phi) is 7.17. The van der Waals surface area contributed by atoms with Gasteiger partial charge in [-0.15, -0.1) is 0 Å². The lowest BCUT2D eigenvalue weighted by atomic mass is 10.1. The van der Waals surface area contributed by atoms with E-state index in [0.29, 0.717) is 11.3 Å². The van der Waals surface area contributed by atoms with Crippen molar-refractivity contribution in [2.45, 2.75) is 40.2 Å². The molecule has 2 rings (SSSR count). The first-order valence-electron chi connectivity index (χ1n) is 8.48. The molecular formula is C20H23BrN2O2S. The summed E-state index contributed by atoms with van der Waals surface area (Å²) in [6.07, 6.45) is 0.838. The molecule has 0 radical (unpaired) electrons. The van der Waals surface area contributed by atoms with Crippen molar-refractivity contribution in [1.29, 1.82) is 0 Å². The number of aryl methyl sites for hydroxylation is 2. The fourth-order valence-electron chi connectivity index (χ4n) is 2.55. The van der Waals surface area contributed by atoms with Gasteiger partial charge in [0.2, 0.25) is 0 Å². The number of para-hydroxylation sites is 1. The zero-order valence-electron chi connectivity index (χ0n) is 15.4. The predicted molar refractivity (Wildman–Crippen MR) is 114 cm³/mol. The third kappa shape index (κ3) is 5.29. The largest absolute Gasteiger partial charge is 0.490 e. The zero-order valence-corrected chi connectivity index (χ0v) is 17.8. The maximum absolute atomic E-state index is 12.7. The number of carbonyl (C=O) groups excluding carboxylic acids is 1. The van der Waals surface area contributed by atoms with Crippen LogP contribution in [-0.4, -0.2) is 17.1 Å². The van der Waals surface area contributed by atoms with Crippen molar-refractivity contribution in [2.75, 3.05) is 5.32 Å². The van der Waals surface area contributed by atoms with Crippen LogP contribution in [0.15, 0.2) is 40.9 Å². The number of halogens is 1. The Bertz CT molecular complexity index is 821. The molecule has 0 unspecified atom stereocenters. The highest BCUT2D eigenvalue weighted by molar-refractivity contribution is 9.10. The highest BCUT2D eigenvalue weighted by atomic mass is 79.9. The molecule has 0 bridgehead atoms. The molecule has 138 valence electrons. The number of amides is 1. The van der Waals surface area contributed by atoms with Crippen LogP contribution in [0.2, 0.25) is 0 Å². The number of nitrogens with one attached hydrogen (secondary N) is 2. The third-order valence-corrected chi connectivity index (χ3v) is 4.45. The number of hydrogen-bond acceptors (Lipinski definition) is 3. The maximum atomic E-state index is 12.7. The van der Waals surface area contributed by atoms with Gasteiger partial charge in [-0.3, -0.25) is 10.1 Å². The minimum Gasteiger partial charge on any atom is -0.490 e. The molecule has 0 aliphatic carbocycles. The molecule has 0 spiro atoms. The minimum absolute atomic E-state index is 0.0353. The van der Waals surface area contributed by atoms with Crippen molar-refractivity contribution in [3.05, 3.63) is 57.6 Å². The highest BCUT2D eigenvalue weighted by Crippen LogP contribution is 2.25. The van der Waals surface area contributed by atoms with Crippen LogP contribution in [-0.2, 0) is 6.42 Å². The predicted octanol–water partition coefficient (Wildman–Crippen LogP) is 5.23. The van der Waals surface area contributed by atoms with Gasteiger partial charge in [0.1, 0.15) is 5.75 Å². The third-order valence-electron chi connectivity index (χ3n) is 3.75. The number of carbonyl (C=O) groups is 1. The summed E-state index contributed by atoms with van der Waals surface area (Å²) in [5.74, 6) is 0.208. The second-order valence-corrected chi connectivity index (χ2v) is 7.50. The van der Waals surface area contributed by atoms with Gasteiger partial charge in [-0.25, -0.2) is 0 Å². The molecule has 0 aliphatic heterocycles. The van der Waals surface area contributed by atoms with E-state index in [2.05, 4.69) is 33.5 Å². The molecule has 0 saturated heterocycles. The molecule has 2 aromatic carbocycles. The number of benzene rings is 2. The molecule has 0 saturated carbocycles. The van der Waals surface area contributed by atoms with Crippen LogP contribution in [0.5, 0.6) is 5.75 Å². The van der Waals surface area contributed by atoms with E-state index in [1.807, 2.05) is 45.0 Å². The lowest BCUT2D eigenvalue weighted by molar-refractivity contribution is 0.0972. The Morgan fingerprint density at radius 1 is 1.27 bits per heavy atom. The molecule has 4 nitrogen and oxygen atoms in total. The van der Waals surface area contributed by atoms with Gasteiger partial charge in [0.15, 0.2) is 5.11 Å². The summed E-state index contributed by atoms with van der Waals surface area (Å²) in [6, 6.07) is 11.4. The molecule has 1 amide bonds. The summed E-state index contributed by atoms with van der Waals surface area (Å²) in [5.41, 5.74) is 3.59. The first kappa shape index (κ1) is 20.4. The van der Waals surface area contributed by atoms with Crippen molar-refractivity contribution in [3.63, 3.8) is 0 Å². The molecule has 2 N–H and O–H groups in total. The Balaban J connectivity index is 2.18. The van der Waals surface area contributed by atoms with Gasteiger partial charge in [0.05, 0.1) is 11.7 Å². The van der Waals surface area contributed by atoms with Crippen molar-refractivity contribution >= 4 is 44.9 Å². The molecular weight excluding hydrogens is 412 g/mol. The number of rotatable bonds is 5. The number of anilines is 1. The van der Waals surface area contributed by atoms with E-state index in [1.165, 1.54) is 0 Å². The van der Waals surface area contributed by atoms with Crippen LogP contribution in [0.1, 0.15) is 42.3 Å². The average molecular weight is 435 g/mol. The van der Waals surface area contributed by atoms with E-state index in [0.717, 1.165) is 27.7 Å². The van der Waals surface area contributed by atoms with Gasteiger partial charge in [-0.2, -0.15) is 0 Å². The summed E-state index contributed by atoms with van der Waals surface area (Å²) >= 11 is 8.74. The lowest BCUT2D eigenvalue weighted by Gasteiger charge is -2.17. The quantitative estimate of drug-likeness (QED) is 0.632. The fraction of sp³-hybridized carbons (Fsp3) is 0.300. The summed E-state index contributed by atoms with van der Waals surface area (Å²) in [7, 11) is 0. The molecule has 0 atom stereocenters. The van der Waals surface area contributed by atoms with Crippen molar-refractivity contribution < 1.29 is 9.53 Å². The van der Waals surface area contributed by atoms with Crippen LogP contribution in [0, 0.1) is 6.92 Å². The van der Waals surface area contributed by atoms with Gasteiger partial charge in [0, 0.05) is 10.2 Å². The Labute approximate surface area is 168 Å². The molecule has 0 aromatic heterocycles. The van der Waals surface area contributed by atoms with Gasteiger partial charge in [0.25, 0.3) is 5.91 Å². The number of ether oxygens (including phenoxy) is 1. The van der Waals surface area contributed by atoms with Crippen LogP contribution in [0.3, 0.4) is 0 Å². The van der Waals surface area contributed by atoms with Crippen LogP contribution < -0.4 is 15.4 Å². The molecule has 0 fully saturated rings. The zero-order chi connectivity index (χ0) is 19.3. The summed E-state index contributed by atoms with van der Waals surface area (Å²) < 4.78 is 6.53. The first-order valence-corrected chi connectivity index (χ1v) is 9.69. The number of thiocarbonyl (C=S) groups is 1. The second kappa shape index (κ2) is 9.14. The fourth-order valence-corrected chi connectivity index (χ4v) is 3.11. The molecule has 0 aliphatic rings. The SMILES string of the molecule is CCc1cccc(C)c1NC(=S)NC(=O)c1cc(Br)ccc1OC(C)C. The van der Waals surface area contributed by atoms with Gasteiger partial charge >= 0.3 is 0 Å². The number of hydrogen-bond donors (Lipinski definition) is 2. The first-order chi connectivity index (χ1) is 12.3. The smallest absolute Gasteiger partial charge is 0.261 e. The average Bonchev–Trinajstić information content (AvgIpc) is 2.57. The Morgan fingerprint density at radius 2 is 2.00 bits per heavy atom. The molecule has 26 heavy (non-hydrogen) atoms. The van der Waals surface area contributed by atoms with Gasteiger partial charge in [-0.1, -0.05) is 41.1 Å². The topological polar surface area (TPSA) is 50.4 Å². The van der Waals surface area contributed by atoms with Crippen LogP contribution in [0.4, 0.5) is 5.69 Å². The van der Waals surface area contributed by atoms with E-state index < -0.39 is 0 Å². The van der Waals surface area contributed by atoms with Crippen molar-refractivity contribution in [1.82, 2.24) is 5.32 Å². The molecule has 2 aromatic rings. The van der Waals surface area contributed by atoms with Crippen LogP contribution >= 0.6 is 28.1 Å². The van der Waals surface area contributed by atoms with E-state index in [4.69, 9.17) is 17.0 Å². The Morgan fingerprint density at radius 3 is 2.65 bits per heavy atom. The molecule has 0 heterocycles. The standard InChI is InChI=1S/C20H23BrN2O2S/c1-5-14-8-6-7-13(4)18(14)22-20(26)23-19(24)16-11-15(21)9-10-17(16)25-12(2)3/h6-12H,5H2,1-4H3,(H2,22,23,24,26). The Hall–Kier alpha value is -1.92. The normalized spacial score (nSPS) is 10.5. The van der Waals surface area contributed by atoms with E-state index >= 15 is 0 Å². The van der Waals surface area contributed by atoms with Crippen molar-refractivity contribution in [2.24, 2.45) is 0 Å². The van der Waals surface area contributed by atoms with Crippen LogP contribution in [0.25, 0.3) is 0 Å². The summed E-state index contributed by atoms with van der Waals surface area (Å²) in [6.45, 7) is 7.92. The minimum atomic E-state index is -0.314. The van der Waals surface area contributed by atoms with Crippen molar-refractivity contribution in [3.8, 4) is 5.75 Å². The lowest BCUT2D eigenvalue weighted by Crippen LogP contribution is -2.35. The van der Waals surface area contributed by atoms with E-state index in [1.54, 1.807) is 12.1 Å². The van der Waals surface area contributed by atoms with E-state index in [-0.39, 0.29) is 17.1 Å². The van der Waals surface area contributed by atoms with Gasteiger partial charge < -0.3 is 10.1 Å². The highest BCUT2D eigenvalue weighted by Gasteiger charge is 2.16. The molecule has 6 heteroatoms. The van der Waals surface area contributed by atoms with Gasteiger partial charge in [-0.05, 0) is 68.7 Å². The summed E-state index contributed by atoms with van der Waals surface area (Å²) in [4.78, 5) is 12.7. The summed E-state index contributed by atoms with van der Waals surface area (Å²) in [5, 5.41) is 6.16. The van der Waals surface area contributed by atoms with E-state index in [9.17, 15) is 4.79 Å².